The van der Waals surface area contributed by atoms with E-state index in [1.54, 1.807) is 36.3 Å². The number of anilines is 2. The number of hydrogen-bond donors (Lipinski definition) is 0. The molecule has 2 aromatic carbocycles. The summed E-state index contributed by atoms with van der Waals surface area (Å²) in [5, 5.41) is 0. The third-order valence-electron chi connectivity index (χ3n) is 5.35. The molecule has 2 aromatic rings. The summed E-state index contributed by atoms with van der Waals surface area (Å²) < 4.78 is 31.6. The summed E-state index contributed by atoms with van der Waals surface area (Å²) in [6.45, 7) is 4.33. The molecule has 0 saturated carbocycles. The summed E-state index contributed by atoms with van der Waals surface area (Å²) in [6, 6.07) is 15.9. The number of sulfonamides is 1. The van der Waals surface area contributed by atoms with Crippen molar-refractivity contribution in [3.63, 3.8) is 0 Å². The number of piperazine rings is 1. The Bertz CT molecular complexity index is 940. The van der Waals surface area contributed by atoms with Crippen LogP contribution in [0.15, 0.2) is 54.6 Å². The highest BCUT2D eigenvalue weighted by molar-refractivity contribution is 7.92. The van der Waals surface area contributed by atoms with Gasteiger partial charge in [-0.05, 0) is 42.8 Å². The first-order chi connectivity index (χ1) is 14.3. The number of benzene rings is 2. The minimum atomic E-state index is -3.61. The zero-order valence-corrected chi connectivity index (χ0v) is 18.5. The Morgan fingerprint density at radius 2 is 1.63 bits per heavy atom. The maximum absolute atomic E-state index is 13.3. The lowest BCUT2D eigenvalue weighted by Crippen LogP contribution is -2.56. The van der Waals surface area contributed by atoms with Crippen molar-refractivity contribution in [2.75, 3.05) is 48.7 Å². The van der Waals surface area contributed by atoms with Gasteiger partial charge in [-0.25, -0.2) is 8.42 Å². The molecule has 1 heterocycles. The van der Waals surface area contributed by atoms with Crippen molar-refractivity contribution in [2.24, 2.45) is 0 Å². The van der Waals surface area contributed by atoms with E-state index in [9.17, 15) is 13.2 Å². The molecule has 8 heteroatoms. The Balaban J connectivity index is 1.73. The first-order valence-corrected chi connectivity index (χ1v) is 11.9. The highest BCUT2D eigenvalue weighted by atomic mass is 32.2. The first kappa shape index (κ1) is 22.0. The van der Waals surface area contributed by atoms with E-state index in [1.807, 2.05) is 37.3 Å². The number of amides is 1. The summed E-state index contributed by atoms with van der Waals surface area (Å²) >= 11 is 0. The number of ether oxygens (including phenoxy) is 1. The van der Waals surface area contributed by atoms with Gasteiger partial charge in [0, 0.05) is 31.9 Å². The van der Waals surface area contributed by atoms with Gasteiger partial charge in [-0.3, -0.25) is 9.10 Å². The van der Waals surface area contributed by atoms with Crippen molar-refractivity contribution in [3.05, 3.63) is 54.6 Å². The van der Waals surface area contributed by atoms with Gasteiger partial charge in [-0.1, -0.05) is 25.1 Å². The van der Waals surface area contributed by atoms with Crippen molar-refractivity contribution in [3.8, 4) is 5.75 Å². The van der Waals surface area contributed by atoms with E-state index in [4.69, 9.17) is 4.74 Å². The van der Waals surface area contributed by atoms with E-state index in [0.717, 1.165) is 17.7 Å². The molecule has 30 heavy (non-hydrogen) atoms. The largest absolute Gasteiger partial charge is 0.497 e. The fourth-order valence-electron chi connectivity index (χ4n) is 3.81. The van der Waals surface area contributed by atoms with E-state index in [0.29, 0.717) is 38.3 Å². The van der Waals surface area contributed by atoms with Gasteiger partial charge < -0.3 is 14.5 Å². The fraction of sp³-hybridized carbons (Fsp3) is 0.409. The van der Waals surface area contributed by atoms with Crippen LogP contribution in [-0.4, -0.2) is 64.8 Å². The van der Waals surface area contributed by atoms with E-state index in [1.165, 1.54) is 4.31 Å². The van der Waals surface area contributed by atoms with Gasteiger partial charge in [0.15, 0.2) is 0 Å². The lowest BCUT2D eigenvalue weighted by atomic mass is 10.1. The van der Waals surface area contributed by atoms with Crippen LogP contribution in [0, 0.1) is 0 Å². The van der Waals surface area contributed by atoms with Gasteiger partial charge in [-0.2, -0.15) is 0 Å². The zero-order valence-electron chi connectivity index (χ0n) is 17.7. The van der Waals surface area contributed by atoms with Crippen LogP contribution in [0.3, 0.4) is 0 Å². The summed E-state index contributed by atoms with van der Waals surface area (Å²) in [6.07, 6.45) is 1.55. The minimum Gasteiger partial charge on any atom is -0.497 e. The van der Waals surface area contributed by atoms with Gasteiger partial charge >= 0.3 is 0 Å². The maximum atomic E-state index is 13.3. The molecule has 3 rings (SSSR count). The molecule has 0 aliphatic carbocycles. The lowest BCUT2D eigenvalue weighted by Gasteiger charge is -2.39. The van der Waals surface area contributed by atoms with Crippen molar-refractivity contribution >= 4 is 27.3 Å². The van der Waals surface area contributed by atoms with Crippen molar-refractivity contribution in [1.29, 1.82) is 0 Å². The van der Waals surface area contributed by atoms with Crippen LogP contribution in [0.25, 0.3) is 0 Å². The molecule has 1 aliphatic rings. The second-order valence-corrected chi connectivity index (χ2v) is 9.19. The maximum Gasteiger partial charge on any atom is 0.246 e. The van der Waals surface area contributed by atoms with Crippen LogP contribution in [0.5, 0.6) is 5.75 Å². The Kier molecular flexibility index (Phi) is 6.87. The molecule has 0 aromatic heterocycles. The first-order valence-electron chi connectivity index (χ1n) is 10.1. The van der Waals surface area contributed by atoms with Crippen molar-refractivity contribution < 1.29 is 17.9 Å². The monoisotopic (exact) mass is 431 g/mol. The summed E-state index contributed by atoms with van der Waals surface area (Å²) in [4.78, 5) is 17.3. The van der Waals surface area contributed by atoms with Crippen LogP contribution in [0.1, 0.15) is 13.3 Å². The van der Waals surface area contributed by atoms with Gasteiger partial charge in [0.25, 0.3) is 0 Å². The van der Waals surface area contributed by atoms with Gasteiger partial charge in [0.1, 0.15) is 11.8 Å². The minimum absolute atomic E-state index is 0.152. The number of para-hydroxylation sites is 1. The molecule has 1 atom stereocenters. The van der Waals surface area contributed by atoms with E-state index < -0.39 is 16.1 Å². The van der Waals surface area contributed by atoms with Crippen LogP contribution >= 0.6 is 0 Å². The predicted octanol–water partition coefficient (Wildman–Crippen LogP) is 2.59. The normalized spacial score (nSPS) is 15.6. The molecule has 7 nitrogen and oxygen atoms in total. The third kappa shape index (κ3) is 4.87. The molecular formula is C22H29N3O4S. The molecule has 0 bridgehead atoms. The number of hydrogen-bond acceptors (Lipinski definition) is 5. The SMILES string of the molecule is CC[C@@H](C(=O)N1CCN(c2ccc(OC)cc2)CC1)N(c1ccccc1)S(C)(=O)=O. The zero-order chi connectivity index (χ0) is 21.7. The van der Waals surface area contributed by atoms with Crippen LogP contribution in [-0.2, 0) is 14.8 Å². The second-order valence-electron chi connectivity index (χ2n) is 7.33. The Hall–Kier alpha value is -2.74. The second kappa shape index (κ2) is 9.38. The molecule has 0 unspecified atom stereocenters. The number of methoxy groups -OCH3 is 1. The lowest BCUT2D eigenvalue weighted by molar-refractivity contribution is -0.132. The number of nitrogens with zero attached hydrogens (tertiary/aromatic N) is 3. The van der Waals surface area contributed by atoms with Crippen LogP contribution in [0.2, 0.25) is 0 Å². The number of rotatable bonds is 7. The summed E-state index contributed by atoms with van der Waals surface area (Å²) in [5.41, 5.74) is 1.59. The highest BCUT2D eigenvalue weighted by Crippen LogP contribution is 2.25. The van der Waals surface area contributed by atoms with Crippen molar-refractivity contribution in [1.82, 2.24) is 4.90 Å². The molecule has 162 valence electrons. The van der Waals surface area contributed by atoms with Crippen molar-refractivity contribution in [2.45, 2.75) is 19.4 Å². The average molecular weight is 432 g/mol. The quantitative estimate of drug-likeness (QED) is 0.674. The number of carbonyl (C=O) groups is 1. The van der Waals surface area contributed by atoms with E-state index >= 15 is 0 Å². The number of carbonyl (C=O) groups excluding carboxylic acids is 1. The Morgan fingerprint density at radius 1 is 1.03 bits per heavy atom. The van der Waals surface area contributed by atoms with Gasteiger partial charge in [0.2, 0.25) is 15.9 Å². The molecule has 1 saturated heterocycles. The average Bonchev–Trinajstić information content (AvgIpc) is 2.77. The molecule has 0 spiro atoms. The molecular weight excluding hydrogens is 402 g/mol. The molecule has 1 amide bonds. The standard InChI is InChI=1S/C22H29N3O4S/c1-4-21(25(30(3,27)28)19-8-6-5-7-9-19)22(26)24-16-14-23(15-17-24)18-10-12-20(29-2)13-11-18/h5-13,21H,4,14-17H2,1-3H3/t21-/m0/s1. The van der Waals surface area contributed by atoms with Crippen LogP contribution in [0.4, 0.5) is 11.4 Å². The Labute approximate surface area is 178 Å². The molecule has 0 radical (unpaired) electrons. The van der Waals surface area contributed by atoms with E-state index in [2.05, 4.69) is 4.90 Å². The molecule has 0 N–H and O–H groups in total. The summed E-state index contributed by atoms with van der Waals surface area (Å²) in [7, 11) is -1.97. The van der Waals surface area contributed by atoms with Gasteiger partial charge in [0.05, 0.1) is 19.1 Å². The van der Waals surface area contributed by atoms with Gasteiger partial charge in [-0.15, -0.1) is 0 Å². The third-order valence-corrected chi connectivity index (χ3v) is 6.53. The topological polar surface area (TPSA) is 70.2 Å². The highest BCUT2D eigenvalue weighted by Gasteiger charge is 2.35. The Morgan fingerprint density at radius 3 is 2.13 bits per heavy atom. The predicted molar refractivity (Wildman–Crippen MR) is 120 cm³/mol. The fourth-order valence-corrected chi connectivity index (χ4v) is 5.01. The molecule has 1 fully saturated rings. The van der Waals surface area contributed by atoms with Crippen LogP contribution < -0.4 is 13.9 Å². The summed E-state index contributed by atoms with van der Waals surface area (Å²) in [5.74, 6) is 0.654. The smallest absolute Gasteiger partial charge is 0.246 e. The molecule has 1 aliphatic heterocycles. The van der Waals surface area contributed by atoms with E-state index in [-0.39, 0.29) is 5.91 Å².